The molecule has 2 aromatic carbocycles. The molecule has 6 nitrogen and oxygen atoms in total. The highest BCUT2D eigenvalue weighted by Crippen LogP contribution is 2.19. The Morgan fingerprint density at radius 1 is 1.12 bits per heavy atom. The second kappa shape index (κ2) is 7.94. The summed E-state index contributed by atoms with van der Waals surface area (Å²) >= 11 is 3.37. The fraction of sp³-hybridized carbons (Fsp3) is 0.167. The predicted octanol–water partition coefficient (Wildman–Crippen LogP) is 4.25. The highest BCUT2D eigenvalue weighted by molar-refractivity contribution is 9.10. The summed E-state index contributed by atoms with van der Waals surface area (Å²) in [7, 11) is 0. The lowest BCUT2D eigenvalue weighted by Crippen LogP contribution is -2.05. The highest BCUT2D eigenvalue weighted by Gasteiger charge is 2.12. The van der Waals surface area contributed by atoms with Crippen LogP contribution in [0.2, 0.25) is 0 Å². The van der Waals surface area contributed by atoms with Crippen molar-refractivity contribution >= 4 is 21.9 Å². The molecule has 0 N–H and O–H groups in total. The molecule has 0 unspecified atom stereocenters. The van der Waals surface area contributed by atoms with E-state index in [1.807, 2.05) is 31.2 Å². The molecule has 0 amide bonds. The maximum atomic E-state index is 12.0. The first kappa shape index (κ1) is 17.2. The summed E-state index contributed by atoms with van der Waals surface area (Å²) < 4.78 is 16.6. The Morgan fingerprint density at radius 3 is 2.52 bits per heavy atom. The third-order valence-electron chi connectivity index (χ3n) is 3.30. The fourth-order valence-corrected chi connectivity index (χ4v) is 2.36. The van der Waals surface area contributed by atoms with E-state index in [9.17, 15) is 4.79 Å². The van der Waals surface area contributed by atoms with Crippen molar-refractivity contribution in [2.45, 2.75) is 13.5 Å². The minimum absolute atomic E-state index is 0.0877. The topological polar surface area (TPSA) is 74.5 Å². The van der Waals surface area contributed by atoms with Gasteiger partial charge in [-0.2, -0.15) is 4.98 Å². The van der Waals surface area contributed by atoms with Gasteiger partial charge in [-0.25, -0.2) is 4.79 Å². The molecule has 0 bridgehead atoms. The van der Waals surface area contributed by atoms with Gasteiger partial charge in [0, 0.05) is 10.0 Å². The summed E-state index contributed by atoms with van der Waals surface area (Å²) in [5.41, 5.74) is 1.24. The monoisotopic (exact) mass is 402 g/mol. The predicted molar refractivity (Wildman–Crippen MR) is 94.2 cm³/mol. The average Bonchev–Trinajstić information content (AvgIpc) is 3.10. The fourth-order valence-electron chi connectivity index (χ4n) is 2.09. The van der Waals surface area contributed by atoms with Gasteiger partial charge in [-0.3, -0.25) is 0 Å². The Labute approximate surface area is 152 Å². The first-order valence-electron chi connectivity index (χ1n) is 7.64. The number of aromatic nitrogens is 2. The summed E-state index contributed by atoms with van der Waals surface area (Å²) in [4.78, 5) is 16.3. The second-order valence-electron chi connectivity index (χ2n) is 5.05. The van der Waals surface area contributed by atoms with E-state index in [0.717, 1.165) is 10.0 Å². The molecule has 0 aliphatic carbocycles. The van der Waals surface area contributed by atoms with E-state index >= 15 is 0 Å². The summed E-state index contributed by atoms with van der Waals surface area (Å²) in [6, 6.07) is 14.2. The number of ether oxygens (including phenoxy) is 2. The molecule has 0 atom stereocenters. The molecule has 1 aromatic heterocycles. The van der Waals surface area contributed by atoms with Gasteiger partial charge in [-0.1, -0.05) is 21.1 Å². The van der Waals surface area contributed by atoms with Gasteiger partial charge >= 0.3 is 5.97 Å². The quantitative estimate of drug-likeness (QED) is 0.573. The third-order valence-corrected chi connectivity index (χ3v) is 3.83. The number of rotatable bonds is 6. The average molecular weight is 403 g/mol. The number of halogens is 1. The van der Waals surface area contributed by atoms with Crippen LogP contribution in [0.15, 0.2) is 57.5 Å². The van der Waals surface area contributed by atoms with Crippen LogP contribution in [-0.4, -0.2) is 22.7 Å². The summed E-state index contributed by atoms with van der Waals surface area (Å²) in [6.07, 6.45) is 0. The number of hydrogen-bond donors (Lipinski definition) is 0. The first-order chi connectivity index (χ1) is 12.2. The summed E-state index contributed by atoms with van der Waals surface area (Å²) in [5, 5.41) is 3.89. The molecular weight excluding hydrogens is 388 g/mol. The molecule has 0 aliphatic rings. The molecule has 128 valence electrons. The van der Waals surface area contributed by atoms with Gasteiger partial charge in [-0.15, -0.1) is 0 Å². The van der Waals surface area contributed by atoms with Gasteiger partial charge in [-0.05, 0) is 55.5 Å². The maximum absolute atomic E-state index is 12.0. The number of esters is 1. The molecule has 0 spiro atoms. The molecule has 0 fully saturated rings. The second-order valence-corrected chi connectivity index (χ2v) is 5.97. The van der Waals surface area contributed by atoms with Crippen LogP contribution >= 0.6 is 15.9 Å². The third kappa shape index (κ3) is 4.45. The van der Waals surface area contributed by atoms with Crippen LogP contribution in [0.1, 0.15) is 23.2 Å². The van der Waals surface area contributed by atoms with E-state index in [1.165, 1.54) is 0 Å². The number of carbonyl (C=O) groups excluding carboxylic acids is 1. The Balaban J connectivity index is 1.60. The van der Waals surface area contributed by atoms with E-state index in [4.69, 9.17) is 14.0 Å². The minimum atomic E-state index is -0.466. The normalized spacial score (nSPS) is 10.5. The Hall–Kier alpha value is -2.67. The smallest absolute Gasteiger partial charge is 0.338 e. The molecule has 0 saturated heterocycles. The molecule has 3 rings (SSSR count). The molecule has 7 heteroatoms. The number of nitrogens with zero attached hydrogens (tertiary/aromatic N) is 2. The Morgan fingerprint density at radius 2 is 1.84 bits per heavy atom. The van der Waals surface area contributed by atoms with Crippen LogP contribution in [0.4, 0.5) is 0 Å². The van der Waals surface area contributed by atoms with Crippen molar-refractivity contribution < 1.29 is 18.8 Å². The molecule has 0 aliphatic heterocycles. The van der Waals surface area contributed by atoms with Gasteiger partial charge in [0.15, 0.2) is 6.61 Å². The lowest BCUT2D eigenvalue weighted by molar-refractivity contribution is 0.0430. The van der Waals surface area contributed by atoms with Gasteiger partial charge in [0.25, 0.3) is 5.89 Å². The molecule has 3 aromatic rings. The highest BCUT2D eigenvalue weighted by atomic mass is 79.9. The van der Waals surface area contributed by atoms with Gasteiger partial charge < -0.3 is 14.0 Å². The standard InChI is InChI=1S/C18H15BrN2O4/c1-2-23-15-9-5-13(6-10-15)18(22)24-11-16-20-17(21-25-16)12-3-7-14(19)8-4-12/h3-10H,2,11H2,1H3. The molecule has 25 heavy (non-hydrogen) atoms. The van der Waals surface area contributed by atoms with E-state index in [1.54, 1.807) is 24.3 Å². The van der Waals surface area contributed by atoms with Crippen molar-refractivity contribution in [3.8, 4) is 17.1 Å². The summed E-state index contributed by atoms with van der Waals surface area (Å²) in [5.74, 6) is 0.915. The van der Waals surface area contributed by atoms with Crippen molar-refractivity contribution in [1.29, 1.82) is 0 Å². The van der Waals surface area contributed by atoms with Crippen LogP contribution in [0.25, 0.3) is 11.4 Å². The van der Waals surface area contributed by atoms with Gasteiger partial charge in [0.2, 0.25) is 5.82 Å². The van der Waals surface area contributed by atoms with Crippen molar-refractivity contribution in [2.75, 3.05) is 6.61 Å². The van der Waals surface area contributed by atoms with E-state index in [-0.39, 0.29) is 12.5 Å². The minimum Gasteiger partial charge on any atom is -0.494 e. The van der Waals surface area contributed by atoms with Gasteiger partial charge in [0.1, 0.15) is 5.75 Å². The van der Waals surface area contributed by atoms with Crippen molar-refractivity contribution in [1.82, 2.24) is 10.1 Å². The van der Waals surface area contributed by atoms with Crippen molar-refractivity contribution in [3.05, 3.63) is 64.5 Å². The van der Waals surface area contributed by atoms with Crippen LogP contribution in [0.3, 0.4) is 0 Å². The number of benzene rings is 2. The molecular formula is C18H15BrN2O4. The zero-order valence-corrected chi connectivity index (χ0v) is 15.0. The van der Waals surface area contributed by atoms with E-state index in [0.29, 0.717) is 23.7 Å². The van der Waals surface area contributed by atoms with Crippen LogP contribution in [0.5, 0.6) is 5.75 Å². The molecule has 0 saturated carbocycles. The van der Waals surface area contributed by atoms with Crippen molar-refractivity contribution in [2.24, 2.45) is 0 Å². The maximum Gasteiger partial charge on any atom is 0.338 e. The van der Waals surface area contributed by atoms with E-state index < -0.39 is 5.97 Å². The Bertz CT molecular complexity index is 844. The van der Waals surface area contributed by atoms with E-state index in [2.05, 4.69) is 26.1 Å². The van der Waals surface area contributed by atoms with Crippen molar-refractivity contribution in [3.63, 3.8) is 0 Å². The lowest BCUT2D eigenvalue weighted by Gasteiger charge is -2.04. The lowest BCUT2D eigenvalue weighted by atomic mass is 10.2. The van der Waals surface area contributed by atoms with Crippen LogP contribution in [-0.2, 0) is 11.3 Å². The Kier molecular flexibility index (Phi) is 5.45. The first-order valence-corrected chi connectivity index (χ1v) is 8.43. The molecule has 1 heterocycles. The van der Waals surface area contributed by atoms with Crippen LogP contribution in [0, 0.1) is 0 Å². The zero-order valence-electron chi connectivity index (χ0n) is 13.4. The number of carbonyl (C=O) groups is 1. The van der Waals surface area contributed by atoms with Gasteiger partial charge in [0.05, 0.1) is 12.2 Å². The zero-order chi connectivity index (χ0) is 17.6. The largest absolute Gasteiger partial charge is 0.494 e. The van der Waals surface area contributed by atoms with Crippen LogP contribution < -0.4 is 4.74 Å². The molecule has 0 radical (unpaired) electrons. The summed E-state index contributed by atoms with van der Waals surface area (Å²) in [6.45, 7) is 2.38. The SMILES string of the molecule is CCOc1ccc(C(=O)OCc2nc(-c3ccc(Br)cc3)no2)cc1. The number of hydrogen-bond acceptors (Lipinski definition) is 6.